The summed E-state index contributed by atoms with van der Waals surface area (Å²) < 4.78 is 5.07. The van der Waals surface area contributed by atoms with Gasteiger partial charge in [0.2, 0.25) is 0 Å². The third-order valence-corrected chi connectivity index (χ3v) is 2.08. The molecule has 1 aromatic heterocycles. The van der Waals surface area contributed by atoms with Crippen molar-refractivity contribution < 1.29 is 14.3 Å². The maximum atomic E-state index is 10.6. The number of oxazole rings is 1. The van der Waals surface area contributed by atoms with Crippen molar-refractivity contribution >= 4 is 22.8 Å². The summed E-state index contributed by atoms with van der Waals surface area (Å²) >= 11 is 0. The van der Waals surface area contributed by atoms with Crippen molar-refractivity contribution in [3.8, 4) is 0 Å². The van der Waals surface area contributed by atoms with Crippen LogP contribution < -0.4 is 5.32 Å². The van der Waals surface area contributed by atoms with Gasteiger partial charge in [-0.2, -0.15) is 0 Å². The zero-order chi connectivity index (χ0) is 10.8. The summed E-state index contributed by atoms with van der Waals surface area (Å²) in [5, 5.41) is 11.6. The standard InChI is InChI=1S/C10H10N2O3/c1-6(10(13)14)12-7-2-3-9-8(4-7)11-5-15-9/h2-6,12H,1H3,(H,13,14)/t6-/m0/s1. The maximum Gasteiger partial charge on any atom is 0.325 e. The van der Waals surface area contributed by atoms with Gasteiger partial charge in [0.1, 0.15) is 11.6 Å². The predicted octanol–water partition coefficient (Wildman–Crippen LogP) is 1.71. The minimum Gasteiger partial charge on any atom is -0.480 e. The minimum atomic E-state index is -0.893. The lowest BCUT2D eigenvalue weighted by molar-refractivity contribution is -0.137. The van der Waals surface area contributed by atoms with Crippen LogP contribution in [0.25, 0.3) is 11.1 Å². The van der Waals surface area contributed by atoms with E-state index in [2.05, 4.69) is 10.3 Å². The smallest absolute Gasteiger partial charge is 0.325 e. The number of carboxylic acid groups (broad SMARTS) is 1. The van der Waals surface area contributed by atoms with Crippen LogP contribution in [-0.2, 0) is 4.79 Å². The molecule has 0 saturated carbocycles. The number of nitrogens with zero attached hydrogens (tertiary/aromatic N) is 1. The van der Waals surface area contributed by atoms with Crippen LogP contribution in [-0.4, -0.2) is 22.1 Å². The van der Waals surface area contributed by atoms with E-state index < -0.39 is 12.0 Å². The molecule has 1 heterocycles. The van der Waals surface area contributed by atoms with Gasteiger partial charge in [0.25, 0.3) is 0 Å². The fourth-order valence-corrected chi connectivity index (χ4v) is 1.26. The van der Waals surface area contributed by atoms with E-state index in [4.69, 9.17) is 9.52 Å². The van der Waals surface area contributed by atoms with Gasteiger partial charge in [-0.25, -0.2) is 4.98 Å². The molecule has 2 rings (SSSR count). The quantitative estimate of drug-likeness (QED) is 0.799. The van der Waals surface area contributed by atoms with E-state index in [0.717, 1.165) is 0 Å². The summed E-state index contributed by atoms with van der Waals surface area (Å²) in [7, 11) is 0. The topological polar surface area (TPSA) is 75.4 Å². The van der Waals surface area contributed by atoms with Crippen LogP contribution in [0.3, 0.4) is 0 Å². The van der Waals surface area contributed by atoms with Gasteiger partial charge < -0.3 is 14.8 Å². The Labute approximate surface area is 85.7 Å². The second-order valence-electron chi connectivity index (χ2n) is 3.24. The fraction of sp³-hybridized carbons (Fsp3) is 0.200. The molecule has 0 fully saturated rings. The Kier molecular flexibility index (Phi) is 2.29. The van der Waals surface area contributed by atoms with Gasteiger partial charge in [0, 0.05) is 5.69 Å². The molecule has 0 aliphatic carbocycles. The number of carbonyl (C=O) groups is 1. The van der Waals surface area contributed by atoms with Gasteiger partial charge in [0.05, 0.1) is 0 Å². The van der Waals surface area contributed by atoms with Crippen LogP contribution in [0.5, 0.6) is 0 Å². The number of aliphatic carboxylic acids is 1. The average Bonchev–Trinajstić information content (AvgIpc) is 2.64. The maximum absolute atomic E-state index is 10.6. The molecule has 0 bridgehead atoms. The Morgan fingerprint density at radius 2 is 2.40 bits per heavy atom. The molecule has 0 radical (unpaired) electrons. The van der Waals surface area contributed by atoms with Gasteiger partial charge in [-0.05, 0) is 25.1 Å². The number of hydrogen-bond donors (Lipinski definition) is 2. The van der Waals surface area contributed by atoms with E-state index in [1.54, 1.807) is 25.1 Å². The Balaban J connectivity index is 2.24. The Morgan fingerprint density at radius 1 is 1.60 bits per heavy atom. The highest BCUT2D eigenvalue weighted by molar-refractivity contribution is 5.80. The summed E-state index contributed by atoms with van der Waals surface area (Å²) in [6.45, 7) is 1.58. The number of carboxylic acids is 1. The monoisotopic (exact) mass is 206 g/mol. The van der Waals surface area contributed by atoms with Crippen LogP contribution in [0.15, 0.2) is 29.0 Å². The molecule has 0 saturated heterocycles. The molecule has 0 unspecified atom stereocenters. The molecule has 5 heteroatoms. The third kappa shape index (κ3) is 1.90. The van der Waals surface area contributed by atoms with Crippen LogP contribution in [0.1, 0.15) is 6.92 Å². The van der Waals surface area contributed by atoms with E-state index in [9.17, 15) is 4.79 Å². The largest absolute Gasteiger partial charge is 0.480 e. The van der Waals surface area contributed by atoms with Crippen LogP contribution in [0.2, 0.25) is 0 Å². The van der Waals surface area contributed by atoms with Crippen LogP contribution in [0.4, 0.5) is 5.69 Å². The molecule has 0 spiro atoms. The molecule has 1 atom stereocenters. The van der Waals surface area contributed by atoms with Crippen molar-refractivity contribution in [2.45, 2.75) is 13.0 Å². The van der Waals surface area contributed by atoms with Crippen molar-refractivity contribution in [1.29, 1.82) is 0 Å². The SMILES string of the molecule is C[C@H](Nc1ccc2ocnc2c1)C(=O)O. The number of fused-ring (bicyclic) bond motifs is 1. The van der Waals surface area contributed by atoms with Crippen molar-refractivity contribution in [2.75, 3.05) is 5.32 Å². The molecule has 15 heavy (non-hydrogen) atoms. The molecule has 0 amide bonds. The number of benzene rings is 1. The van der Waals surface area contributed by atoms with Gasteiger partial charge in [-0.1, -0.05) is 0 Å². The summed E-state index contributed by atoms with van der Waals surface area (Å²) in [5.41, 5.74) is 2.10. The van der Waals surface area contributed by atoms with Gasteiger partial charge in [-0.15, -0.1) is 0 Å². The van der Waals surface area contributed by atoms with Crippen molar-refractivity contribution in [3.05, 3.63) is 24.6 Å². The highest BCUT2D eigenvalue weighted by Gasteiger charge is 2.10. The van der Waals surface area contributed by atoms with Crippen molar-refractivity contribution in [1.82, 2.24) is 4.98 Å². The first-order valence-electron chi connectivity index (χ1n) is 4.49. The van der Waals surface area contributed by atoms with Crippen molar-refractivity contribution in [3.63, 3.8) is 0 Å². The zero-order valence-corrected chi connectivity index (χ0v) is 8.10. The van der Waals surface area contributed by atoms with Crippen LogP contribution in [0, 0.1) is 0 Å². The summed E-state index contributed by atoms with van der Waals surface area (Å²) in [6.07, 6.45) is 1.36. The molecule has 1 aromatic carbocycles. The first-order valence-corrected chi connectivity index (χ1v) is 4.49. The fourth-order valence-electron chi connectivity index (χ4n) is 1.26. The molecule has 2 aromatic rings. The Bertz CT molecular complexity index is 492. The van der Waals surface area contributed by atoms with E-state index in [-0.39, 0.29) is 0 Å². The van der Waals surface area contributed by atoms with Crippen LogP contribution >= 0.6 is 0 Å². The summed E-state index contributed by atoms with van der Waals surface area (Å²) in [6, 6.07) is 4.62. The van der Waals surface area contributed by atoms with Gasteiger partial charge >= 0.3 is 5.97 Å². The summed E-state index contributed by atoms with van der Waals surface area (Å²) in [5.74, 6) is -0.893. The molecule has 0 aliphatic heterocycles. The molecule has 5 nitrogen and oxygen atoms in total. The first-order chi connectivity index (χ1) is 7.16. The van der Waals surface area contributed by atoms with Gasteiger partial charge in [0.15, 0.2) is 12.0 Å². The number of rotatable bonds is 3. The number of nitrogens with one attached hydrogen (secondary N) is 1. The minimum absolute atomic E-state index is 0.630. The lowest BCUT2D eigenvalue weighted by atomic mass is 10.2. The molecule has 78 valence electrons. The number of anilines is 1. The highest BCUT2D eigenvalue weighted by Crippen LogP contribution is 2.18. The average molecular weight is 206 g/mol. The van der Waals surface area contributed by atoms with E-state index in [0.29, 0.717) is 16.8 Å². The predicted molar refractivity (Wildman–Crippen MR) is 54.7 cm³/mol. The molecule has 2 N–H and O–H groups in total. The molecular formula is C10H10N2O3. The normalized spacial score (nSPS) is 12.6. The molecular weight excluding hydrogens is 196 g/mol. The second-order valence-corrected chi connectivity index (χ2v) is 3.24. The zero-order valence-electron chi connectivity index (χ0n) is 8.10. The van der Waals surface area contributed by atoms with E-state index in [1.807, 2.05) is 0 Å². The number of aromatic nitrogens is 1. The van der Waals surface area contributed by atoms with E-state index in [1.165, 1.54) is 6.39 Å². The Morgan fingerprint density at radius 3 is 3.13 bits per heavy atom. The summed E-state index contributed by atoms with van der Waals surface area (Å²) in [4.78, 5) is 14.6. The second kappa shape index (κ2) is 3.61. The molecule has 0 aliphatic rings. The highest BCUT2D eigenvalue weighted by atomic mass is 16.4. The lowest BCUT2D eigenvalue weighted by Gasteiger charge is -2.09. The van der Waals surface area contributed by atoms with Gasteiger partial charge in [-0.3, -0.25) is 4.79 Å². The lowest BCUT2D eigenvalue weighted by Crippen LogP contribution is -2.25. The van der Waals surface area contributed by atoms with Crippen molar-refractivity contribution in [2.24, 2.45) is 0 Å². The number of hydrogen-bond acceptors (Lipinski definition) is 4. The van der Waals surface area contributed by atoms with E-state index >= 15 is 0 Å². The Hall–Kier alpha value is -2.04. The first kappa shape index (κ1) is 9.51. The third-order valence-electron chi connectivity index (χ3n) is 2.08.